The lowest BCUT2D eigenvalue weighted by Gasteiger charge is -2.20. The maximum atomic E-state index is 13.0. The van der Waals surface area contributed by atoms with Gasteiger partial charge in [-0.2, -0.15) is 0 Å². The Balaban J connectivity index is 2.19. The van der Waals surface area contributed by atoms with Crippen molar-refractivity contribution in [3.63, 3.8) is 0 Å². The van der Waals surface area contributed by atoms with Crippen molar-refractivity contribution in [3.05, 3.63) is 54.1 Å². The second-order valence-electron chi connectivity index (χ2n) is 7.21. The SMILES string of the molecule is COCCOc1cc(NC(=O)C(NC(=O)CC(C)C)c2ccccc2)ccc1OC. The Labute approximate surface area is 177 Å². The van der Waals surface area contributed by atoms with Crippen LogP contribution in [0.1, 0.15) is 31.9 Å². The van der Waals surface area contributed by atoms with E-state index in [1.165, 1.54) is 0 Å². The van der Waals surface area contributed by atoms with E-state index in [2.05, 4.69) is 10.6 Å². The van der Waals surface area contributed by atoms with Gasteiger partial charge in [0.2, 0.25) is 5.91 Å². The first-order chi connectivity index (χ1) is 14.4. The van der Waals surface area contributed by atoms with Crippen LogP contribution < -0.4 is 20.1 Å². The molecule has 1 unspecified atom stereocenters. The molecule has 0 spiro atoms. The van der Waals surface area contributed by atoms with Gasteiger partial charge in [0.15, 0.2) is 11.5 Å². The molecular weight excluding hydrogens is 384 g/mol. The average Bonchev–Trinajstić information content (AvgIpc) is 2.72. The highest BCUT2D eigenvalue weighted by Crippen LogP contribution is 2.30. The standard InChI is InChI=1S/C23H30N2O5/c1-16(2)14-21(26)25-22(17-8-6-5-7-9-17)23(27)24-18-10-11-19(29-4)20(15-18)30-13-12-28-3/h5-11,15-16,22H,12-14H2,1-4H3,(H,24,27)(H,25,26). The molecule has 0 bridgehead atoms. The Morgan fingerprint density at radius 2 is 1.70 bits per heavy atom. The summed E-state index contributed by atoms with van der Waals surface area (Å²) in [7, 11) is 3.14. The number of carbonyl (C=O) groups excluding carboxylic acids is 2. The largest absolute Gasteiger partial charge is 0.493 e. The molecule has 2 aromatic rings. The minimum atomic E-state index is -0.808. The highest BCUT2D eigenvalue weighted by Gasteiger charge is 2.23. The van der Waals surface area contributed by atoms with Crippen molar-refractivity contribution in [3.8, 4) is 11.5 Å². The Bertz CT molecular complexity index is 824. The van der Waals surface area contributed by atoms with Gasteiger partial charge in [-0.15, -0.1) is 0 Å². The van der Waals surface area contributed by atoms with E-state index in [1.807, 2.05) is 44.2 Å². The monoisotopic (exact) mass is 414 g/mol. The molecule has 7 nitrogen and oxygen atoms in total. The lowest BCUT2D eigenvalue weighted by atomic mass is 10.0. The number of ether oxygens (including phenoxy) is 3. The van der Waals surface area contributed by atoms with Gasteiger partial charge in [-0.3, -0.25) is 9.59 Å². The van der Waals surface area contributed by atoms with Crippen molar-refractivity contribution in [1.82, 2.24) is 5.32 Å². The Kier molecular flexibility index (Phi) is 9.15. The van der Waals surface area contributed by atoms with Gasteiger partial charge in [-0.25, -0.2) is 0 Å². The molecule has 2 aromatic carbocycles. The van der Waals surface area contributed by atoms with Gasteiger partial charge in [0.25, 0.3) is 5.91 Å². The zero-order chi connectivity index (χ0) is 21.9. The topological polar surface area (TPSA) is 85.9 Å². The van der Waals surface area contributed by atoms with Crippen LogP contribution in [0.25, 0.3) is 0 Å². The fraction of sp³-hybridized carbons (Fsp3) is 0.391. The fourth-order valence-electron chi connectivity index (χ4n) is 2.85. The molecule has 30 heavy (non-hydrogen) atoms. The van der Waals surface area contributed by atoms with Gasteiger partial charge in [-0.1, -0.05) is 44.2 Å². The van der Waals surface area contributed by atoms with Gasteiger partial charge in [0.1, 0.15) is 12.6 Å². The van der Waals surface area contributed by atoms with Crippen LogP contribution in [0.2, 0.25) is 0 Å². The summed E-state index contributed by atoms with van der Waals surface area (Å²) in [4.78, 5) is 25.4. The van der Waals surface area contributed by atoms with Crippen molar-refractivity contribution in [1.29, 1.82) is 0 Å². The summed E-state index contributed by atoms with van der Waals surface area (Å²) in [6.45, 7) is 4.69. The van der Waals surface area contributed by atoms with Crippen LogP contribution in [0.4, 0.5) is 5.69 Å². The summed E-state index contributed by atoms with van der Waals surface area (Å²) in [6, 6.07) is 13.5. The smallest absolute Gasteiger partial charge is 0.251 e. The summed E-state index contributed by atoms with van der Waals surface area (Å²) in [6.07, 6.45) is 0.344. The van der Waals surface area contributed by atoms with E-state index in [-0.39, 0.29) is 17.7 Å². The Hall–Kier alpha value is -3.06. The van der Waals surface area contributed by atoms with Crippen molar-refractivity contribution in [2.45, 2.75) is 26.3 Å². The number of anilines is 1. The maximum Gasteiger partial charge on any atom is 0.251 e. The Morgan fingerprint density at radius 1 is 0.967 bits per heavy atom. The normalized spacial score (nSPS) is 11.6. The van der Waals surface area contributed by atoms with Gasteiger partial charge in [0.05, 0.1) is 13.7 Å². The summed E-state index contributed by atoms with van der Waals surface area (Å²) < 4.78 is 16.0. The number of methoxy groups -OCH3 is 2. The lowest BCUT2D eigenvalue weighted by Crippen LogP contribution is -2.37. The third kappa shape index (κ3) is 7.08. The molecule has 0 saturated carbocycles. The third-order valence-corrected chi connectivity index (χ3v) is 4.27. The molecule has 1 atom stereocenters. The van der Waals surface area contributed by atoms with Crippen LogP contribution >= 0.6 is 0 Å². The average molecular weight is 415 g/mol. The third-order valence-electron chi connectivity index (χ3n) is 4.27. The van der Waals surface area contributed by atoms with Gasteiger partial charge in [-0.05, 0) is 23.6 Å². The highest BCUT2D eigenvalue weighted by atomic mass is 16.5. The molecule has 0 aliphatic carbocycles. The molecule has 0 aliphatic heterocycles. The quantitative estimate of drug-likeness (QED) is 0.549. The number of hydrogen-bond acceptors (Lipinski definition) is 5. The van der Waals surface area contributed by atoms with E-state index in [1.54, 1.807) is 32.4 Å². The number of nitrogens with one attached hydrogen (secondary N) is 2. The molecule has 7 heteroatoms. The van der Waals surface area contributed by atoms with Crippen LogP contribution in [0, 0.1) is 5.92 Å². The minimum absolute atomic E-state index is 0.174. The molecule has 0 aromatic heterocycles. The van der Waals surface area contributed by atoms with E-state index in [0.29, 0.717) is 42.4 Å². The van der Waals surface area contributed by atoms with Crippen molar-refractivity contribution in [2.24, 2.45) is 5.92 Å². The second kappa shape index (κ2) is 11.8. The first kappa shape index (κ1) is 23.2. The molecule has 2 rings (SSSR count). The summed E-state index contributed by atoms with van der Waals surface area (Å²) in [5.74, 6) is 0.720. The van der Waals surface area contributed by atoms with Crippen LogP contribution in [0.5, 0.6) is 11.5 Å². The molecule has 162 valence electrons. The van der Waals surface area contributed by atoms with E-state index in [0.717, 1.165) is 0 Å². The molecule has 2 N–H and O–H groups in total. The molecular formula is C23H30N2O5. The van der Waals surface area contributed by atoms with E-state index in [4.69, 9.17) is 14.2 Å². The van der Waals surface area contributed by atoms with Crippen LogP contribution in [0.3, 0.4) is 0 Å². The summed E-state index contributed by atoms with van der Waals surface area (Å²) >= 11 is 0. The number of rotatable bonds is 11. The number of carbonyl (C=O) groups is 2. The molecule has 0 saturated heterocycles. The molecule has 2 amide bonds. The summed E-state index contributed by atoms with van der Waals surface area (Å²) in [5.41, 5.74) is 1.24. The minimum Gasteiger partial charge on any atom is -0.493 e. The molecule has 0 heterocycles. The van der Waals surface area contributed by atoms with Crippen molar-refractivity contribution < 1.29 is 23.8 Å². The zero-order valence-corrected chi connectivity index (χ0v) is 17.9. The number of benzene rings is 2. The van der Waals surface area contributed by atoms with E-state index in [9.17, 15) is 9.59 Å². The lowest BCUT2D eigenvalue weighted by molar-refractivity contribution is -0.127. The highest BCUT2D eigenvalue weighted by molar-refractivity contribution is 5.98. The fourth-order valence-corrected chi connectivity index (χ4v) is 2.85. The molecule has 0 aliphatic rings. The van der Waals surface area contributed by atoms with E-state index >= 15 is 0 Å². The zero-order valence-electron chi connectivity index (χ0n) is 17.9. The predicted molar refractivity (Wildman–Crippen MR) is 116 cm³/mol. The first-order valence-electron chi connectivity index (χ1n) is 9.89. The predicted octanol–water partition coefficient (Wildman–Crippen LogP) is 3.56. The summed E-state index contributed by atoms with van der Waals surface area (Å²) in [5, 5.41) is 5.70. The second-order valence-corrected chi connectivity index (χ2v) is 7.21. The molecule has 0 radical (unpaired) electrons. The van der Waals surface area contributed by atoms with Gasteiger partial charge >= 0.3 is 0 Å². The van der Waals surface area contributed by atoms with Crippen LogP contribution in [-0.2, 0) is 14.3 Å². The van der Waals surface area contributed by atoms with Gasteiger partial charge in [0, 0.05) is 25.3 Å². The van der Waals surface area contributed by atoms with Crippen molar-refractivity contribution in [2.75, 3.05) is 32.8 Å². The maximum absolute atomic E-state index is 13.0. The van der Waals surface area contributed by atoms with E-state index < -0.39 is 6.04 Å². The Morgan fingerprint density at radius 3 is 2.33 bits per heavy atom. The van der Waals surface area contributed by atoms with Crippen LogP contribution in [0.15, 0.2) is 48.5 Å². The van der Waals surface area contributed by atoms with Crippen LogP contribution in [-0.4, -0.2) is 39.2 Å². The number of hydrogen-bond donors (Lipinski definition) is 2. The number of amides is 2. The van der Waals surface area contributed by atoms with Gasteiger partial charge < -0.3 is 24.8 Å². The van der Waals surface area contributed by atoms with Crippen molar-refractivity contribution >= 4 is 17.5 Å². The first-order valence-corrected chi connectivity index (χ1v) is 9.89. The molecule has 0 fully saturated rings.